The number of nitrogens with zero attached hydrogens (tertiary/aromatic N) is 1. The first kappa shape index (κ1) is 22.4. The maximum Gasteiger partial charge on any atom is 0.326 e. The Kier molecular flexibility index (Phi) is 6.40. The zero-order valence-electron chi connectivity index (χ0n) is 16.6. The Morgan fingerprint density at radius 2 is 1.81 bits per heavy atom. The Hall–Kier alpha value is -3.27. The van der Waals surface area contributed by atoms with E-state index in [9.17, 15) is 32.3 Å². The van der Waals surface area contributed by atoms with E-state index in [4.69, 9.17) is 0 Å². The second-order valence-corrected chi connectivity index (χ2v) is 9.68. The van der Waals surface area contributed by atoms with Crippen LogP contribution in [0.3, 0.4) is 0 Å². The largest absolute Gasteiger partial charge is 0.480 e. The van der Waals surface area contributed by atoms with Crippen molar-refractivity contribution in [3.8, 4) is 11.1 Å². The first-order valence-electron chi connectivity index (χ1n) is 9.41. The molecule has 0 radical (unpaired) electrons. The molecule has 0 bridgehead atoms. The molecule has 0 unspecified atom stereocenters. The van der Waals surface area contributed by atoms with Crippen LogP contribution in [0.4, 0.5) is 4.39 Å². The van der Waals surface area contributed by atoms with Crippen LogP contribution < -0.4 is 5.32 Å². The Bertz CT molecular complexity index is 1120. The molecule has 0 aliphatic carbocycles. The number of amides is 2. The zero-order chi connectivity index (χ0) is 22.8. The average molecular weight is 448 g/mol. The monoisotopic (exact) mass is 448 g/mol. The fraction of sp³-hybridized carbons (Fsp3) is 0.286. The van der Waals surface area contributed by atoms with E-state index in [1.165, 1.54) is 12.1 Å². The summed E-state index contributed by atoms with van der Waals surface area (Å²) in [5, 5.41) is 10.8. The summed E-state index contributed by atoms with van der Waals surface area (Å²) in [5.74, 6) is -2.90. The number of carbonyl (C=O) groups is 3. The van der Waals surface area contributed by atoms with Crippen LogP contribution in [-0.2, 0) is 19.4 Å². The number of nitrogens with one attached hydrogen (secondary N) is 1. The number of carbonyl (C=O) groups excluding carboxylic acids is 2. The summed E-state index contributed by atoms with van der Waals surface area (Å²) in [6.07, 6.45) is 0.813. The van der Waals surface area contributed by atoms with Crippen LogP contribution in [-0.4, -0.2) is 66.8 Å². The lowest BCUT2D eigenvalue weighted by molar-refractivity contribution is -0.147. The van der Waals surface area contributed by atoms with E-state index in [0.29, 0.717) is 11.1 Å². The van der Waals surface area contributed by atoms with Crippen LogP contribution in [0.1, 0.15) is 16.8 Å². The van der Waals surface area contributed by atoms with Crippen molar-refractivity contribution in [2.75, 3.05) is 19.3 Å². The molecule has 2 aromatic carbocycles. The summed E-state index contributed by atoms with van der Waals surface area (Å²) in [6, 6.07) is 11.0. The Morgan fingerprint density at radius 3 is 2.42 bits per heavy atom. The minimum Gasteiger partial charge on any atom is -0.480 e. The lowest BCUT2D eigenvalue weighted by atomic mass is 10.0. The van der Waals surface area contributed by atoms with E-state index in [0.717, 1.165) is 11.2 Å². The molecule has 31 heavy (non-hydrogen) atoms. The number of hydrogen-bond acceptors (Lipinski definition) is 5. The van der Waals surface area contributed by atoms with E-state index in [-0.39, 0.29) is 24.3 Å². The molecule has 10 heteroatoms. The normalized spacial score (nSPS) is 18.6. The summed E-state index contributed by atoms with van der Waals surface area (Å²) in [6.45, 7) is -0.704. The van der Waals surface area contributed by atoms with Gasteiger partial charge in [0.05, 0.1) is 11.8 Å². The van der Waals surface area contributed by atoms with Gasteiger partial charge in [-0.1, -0.05) is 24.3 Å². The van der Waals surface area contributed by atoms with Crippen molar-refractivity contribution < 1.29 is 32.3 Å². The lowest BCUT2D eigenvalue weighted by Crippen LogP contribution is -2.45. The molecule has 1 fully saturated rings. The maximum absolute atomic E-state index is 13.1. The molecule has 0 spiro atoms. The maximum atomic E-state index is 13.1. The van der Waals surface area contributed by atoms with Gasteiger partial charge < -0.3 is 15.3 Å². The number of halogens is 1. The highest BCUT2D eigenvalue weighted by molar-refractivity contribution is 7.91. The summed E-state index contributed by atoms with van der Waals surface area (Å²) in [5.41, 5.74) is 1.65. The molecule has 2 amide bonds. The Labute approximate surface area is 178 Å². The molecule has 2 atom stereocenters. The molecule has 8 nitrogen and oxygen atoms in total. The van der Waals surface area contributed by atoms with Crippen LogP contribution >= 0.6 is 0 Å². The van der Waals surface area contributed by atoms with Gasteiger partial charge in [-0.3, -0.25) is 9.59 Å². The third-order valence-electron chi connectivity index (χ3n) is 5.18. The molecule has 3 rings (SSSR count). The van der Waals surface area contributed by atoms with Gasteiger partial charge in [-0.15, -0.1) is 0 Å². The molecule has 164 valence electrons. The number of hydrogen-bond donors (Lipinski definition) is 2. The molecule has 1 heterocycles. The standard InChI is InChI=1S/C21H21FN2O6S/c1-31(29,30)17-10-18(21(27)28)24(12-17)19(25)11-23-20(26)15-4-2-3-14(9-15)13-5-7-16(22)8-6-13/h2-9,17-18H,10-12H2,1H3,(H,23,26)(H,27,28)/t17-,18+/m1/s1. The third-order valence-corrected chi connectivity index (χ3v) is 6.73. The van der Waals surface area contributed by atoms with Crippen molar-refractivity contribution in [2.24, 2.45) is 0 Å². The van der Waals surface area contributed by atoms with E-state index in [1.54, 1.807) is 36.4 Å². The zero-order valence-corrected chi connectivity index (χ0v) is 17.4. The lowest BCUT2D eigenvalue weighted by Gasteiger charge is -2.21. The fourth-order valence-corrected chi connectivity index (χ4v) is 4.42. The van der Waals surface area contributed by atoms with Gasteiger partial charge in [0.25, 0.3) is 5.91 Å². The molecular weight excluding hydrogens is 427 g/mol. The topological polar surface area (TPSA) is 121 Å². The quantitative estimate of drug-likeness (QED) is 0.688. The van der Waals surface area contributed by atoms with Gasteiger partial charge in [0.1, 0.15) is 11.9 Å². The predicted molar refractivity (Wildman–Crippen MR) is 111 cm³/mol. The van der Waals surface area contributed by atoms with Crippen molar-refractivity contribution in [3.63, 3.8) is 0 Å². The second-order valence-electron chi connectivity index (χ2n) is 7.36. The number of aliphatic carboxylic acids is 1. The van der Waals surface area contributed by atoms with E-state index < -0.39 is 45.5 Å². The van der Waals surface area contributed by atoms with Gasteiger partial charge in [0, 0.05) is 18.4 Å². The SMILES string of the molecule is CS(=O)(=O)[C@@H]1C[C@@H](C(=O)O)N(C(=O)CNC(=O)c2cccc(-c3ccc(F)cc3)c2)C1. The van der Waals surface area contributed by atoms with E-state index >= 15 is 0 Å². The highest BCUT2D eigenvalue weighted by atomic mass is 32.2. The van der Waals surface area contributed by atoms with Crippen LogP contribution in [0.5, 0.6) is 0 Å². The minimum atomic E-state index is -3.51. The average Bonchev–Trinajstić information content (AvgIpc) is 3.19. The Morgan fingerprint density at radius 1 is 1.13 bits per heavy atom. The smallest absolute Gasteiger partial charge is 0.326 e. The summed E-state index contributed by atoms with van der Waals surface area (Å²) >= 11 is 0. The van der Waals surface area contributed by atoms with Crippen LogP contribution in [0.2, 0.25) is 0 Å². The first-order valence-corrected chi connectivity index (χ1v) is 11.4. The number of sulfone groups is 1. The predicted octanol–water partition coefficient (Wildman–Crippen LogP) is 1.32. The first-order chi connectivity index (χ1) is 14.6. The highest BCUT2D eigenvalue weighted by Gasteiger charge is 2.43. The number of likely N-dealkylation sites (tertiary alicyclic amines) is 1. The molecule has 1 saturated heterocycles. The summed E-state index contributed by atoms with van der Waals surface area (Å²) in [4.78, 5) is 37.4. The van der Waals surface area contributed by atoms with Crippen molar-refractivity contribution in [1.82, 2.24) is 10.2 Å². The highest BCUT2D eigenvalue weighted by Crippen LogP contribution is 2.24. The van der Waals surface area contributed by atoms with Crippen molar-refractivity contribution in [2.45, 2.75) is 17.7 Å². The van der Waals surface area contributed by atoms with Gasteiger partial charge in [0.2, 0.25) is 5.91 Å². The van der Waals surface area contributed by atoms with Crippen molar-refractivity contribution >= 4 is 27.6 Å². The molecule has 2 aromatic rings. The molecule has 1 aliphatic heterocycles. The number of rotatable bonds is 6. The molecule has 0 aromatic heterocycles. The molecule has 0 saturated carbocycles. The van der Waals surface area contributed by atoms with Crippen LogP contribution in [0, 0.1) is 5.82 Å². The minimum absolute atomic E-state index is 0.187. The van der Waals surface area contributed by atoms with Gasteiger partial charge in [0.15, 0.2) is 9.84 Å². The third kappa shape index (κ3) is 5.26. The summed E-state index contributed by atoms with van der Waals surface area (Å²) in [7, 11) is -3.51. The van der Waals surface area contributed by atoms with Crippen LogP contribution in [0.15, 0.2) is 48.5 Å². The molecule has 1 aliphatic rings. The molecule has 2 N–H and O–H groups in total. The van der Waals surface area contributed by atoms with Gasteiger partial charge >= 0.3 is 5.97 Å². The van der Waals surface area contributed by atoms with Crippen LogP contribution in [0.25, 0.3) is 11.1 Å². The fourth-order valence-electron chi connectivity index (χ4n) is 3.46. The van der Waals surface area contributed by atoms with Gasteiger partial charge in [-0.2, -0.15) is 0 Å². The molecular formula is C21H21FN2O6S. The second kappa shape index (κ2) is 8.84. The van der Waals surface area contributed by atoms with Gasteiger partial charge in [-0.05, 0) is 41.8 Å². The van der Waals surface area contributed by atoms with Gasteiger partial charge in [-0.25, -0.2) is 17.6 Å². The Balaban J connectivity index is 1.67. The number of carboxylic acids is 1. The summed E-state index contributed by atoms with van der Waals surface area (Å²) < 4.78 is 36.6. The van der Waals surface area contributed by atoms with E-state index in [2.05, 4.69) is 5.32 Å². The van der Waals surface area contributed by atoms with Crippen molar-refractivity contribution in [1.29, 1.82) is 0 Å². The van der Waals surface area contributed by atoms with E-state index in [1.807, 2.05) is 0 Å². The number of benzene rings is 2. The van der Waals surface area contributed by atoms with Crippen molar-refractivity contribution in [3.05, 3.63) is 59.9 Å². The number of carboxylic acid groups (broad SMARTS) is 1.